The first-order valence-electron chi connectivity index (χ1n) is 6.64. The summed E-state index contributed by atoms with van der Waals surface area (Å²) < 4.78 is 0. The zero-order valence-corrected chi connectivity index (χ0v) is 9.45. The molecular formula is C13H21NO. The summed E-state index contributed by atoms with van der Waals surface area (Å²) in [5.41, 5.74) is 0. The van der Waals surface area contributed by atoms with Gasteiger partial charge in [0.05, 0.1) is 0 Å². The molecule has 84 valence electrons. The molecule has 0 spiro atoms. The number of rotatable bonds is 1. The molecule has 2 heteroatoms. The molecule has 0 aromatic rings. The number of hydrogen-bond donors (Lipinski definition) is 0. The monoisotopic (exact) mass is 207 g/mol. The molecule has 0 aromatic heterocycles. The van der Waals surface area contributed by atoms with E-state index in [-0.39, 0.29) is 0 Å². The SMILES string of the molecule is O=C1[C@H]2CC[C@H]1[C@@H](N1CCCCC1)CC2. The summed E-state index contributed by atoms with van der Waals surface area (Å²) in [6, 6.07) is 0.622. The molecular weight excluding hydrogens is 186 g/mol. The third kappa shape index (κ3) is 1.63. The van der Waals surface area contributed by atoms with Crippen molar-refractivity contribution >= 4 is 5.78 Å². The van der Waals surface area contributed by atoms with Crippen molar-refractivity contribution in [3.05, 3.63) is 0 Å². The quantitative estimate of drug-likeness (QED) is 0.657. The highest BCUT2D eigenvalue weighted by molar-refractivity contribution is 5.86. The Hall–Kier alpha value is -0.370. The van der Waals surface area contributed by atoms with Crippen molar-refractivity contribution < 1.29 is 4.79 Å². The lowest BCUT2D eigenvalue weighted by molar-refractivity contribution is -0.128. The van der Waals surface area contributed by atoms with E-state index in [4.69, 9.17) is 0 Å². The Bertz CT molecular complexity index is 257. The second-order valence-corrected chi connectivity index (χ2v) is 5.52. The molecule has 1 heterocycles. The van der Waals surface area contributed by atoms with Crippen molar-refractivity contribution in [2.75, 3.05) is 13.1 Å². The van der Waals surface area contributed by atoms with Gasteiger partial charge in [0.15, 0.2) is 0 Å². The van der Waals surface area contributed by atoms with Gasteiger partial charge in [-0.15, -0.1) is 0 Å². The molecule has 0 N–H and O–H groups in total. The summed E-state index contributed by atoms with van der Waals surface area (Å²) in [6.45, 7) is 2.50. The second kappa shape index (κ2) is 3.89. The smallest absolute Gasteiger partial charge is 0.140 e. The predicted molar refractivity (Wildman–Crippen MR) is 59.7 cm³/mol. The van der Waals surface area contributed by atoms with E-state index < -0.39 is 0 Å². The van der Waals surface area contributed by atoms with Crippen LogP contribution in [-0.4, -0.2) is 29.8 Å². The first kappa shape index (κ1) is 9.83. The first-order valence-corrected chi connectivity index (χ1v) is 6.64. The fourth-order valence-corrected chi connectivity index (χ4v) is 3.90. The van der Waals surface area contributed by atoms with Gasteiger partial charge in [0.2, 0.25) is 0 Å². The summed E-state index contributed by atoms with van der Waals surface area (Å²) in [7, 11) is 0. The van der Waals surface area contributed by atoms with Crippen LogP contribution < -0.4 is 0 Å². The van der Waals surface area contributed by atoms with Crippen LogP contribution in [0.5, 0.6) is 0 Å². The number of Topliss-reactive ketones (excluding diaryl/α,β-unsaturated/α-hetero) is 1. The van der Waals surface area contributed by atoms with Crippen molar-refractivity contribution in [2.24, 2.45) is 11.8 Å². The summed E-state index contributed by atoms with van der Waals surface area (Å²) in [4.78, 5) is 14.6. The third-order valence-electron chi connectivity index (χ3n) is 4.73. The molecule has 2 nitrogen and oxygen atoms in total. The molecule has 2 aliphatic carbocycles. The molecule has 15 heavy (non-hydrogen) atoms. The van der Waals surface area contributed by atoms with Crippen LogP contribution in [0.3, 0.4) is 0 Å². The Morgan fingerprint density at radius 2 is 1.67 bits per heavy atom. The molecule has 0 radical (unpaired) electrons. The second-order valence-electron chi connectivity index (χ2n) is 5.52. The van der Waals surface area contributed by atoms with Gasteiger partial charge in [-0.3, -0.25) is 9.69 Å². The fraction of sp³-hybridized carbons (Fsp3) is 0.923. The highest BCUT2D eigenvalue weighted by Gasteiger charge is 2.44. The summed E-state index contributed by atoms with van der Waals surface area (Å²) >= 11 is 0. The lowest BCUT2D eigenvalue weighted by Crippen LogP contribution is -2.47. The summed E-state index contributed by atoms with van der Waals surface area (Å²) in [5, 5.41) is 0. The number of piperidine rings is 1. The Labute approximate surface area is 92.0 Å². The zero-order chi connectivity index (χ0) is 10.3. The molecule has 3 atom stereocenters. The Morgan fingerprint density at radius 3 is 2.47 bits per heavy atom. The van der Waals surface area contributed by atoms with Crippen LogP contribution in [0.1, 0.15) is 44.9 Å². The number of nitrogens with zero attached hydrogens (tertiary/aromatic N) is 1. The molecule has 0 aromatic carbocycles. The van der Waals surface area contributed by atoms with Crippen molar-refractivity contribution in [3.8, 4) is 0 Å². The summed E-state index contributed by atoms with van der Waals surface area (Å²) in [5.74, 6) is 1.48. The van der Waals surface area contributed by atoms with Crippen molar-refractivity contribution in [3.63, 3.8) is 0 Å². The van der Waals surface area contributed by atoms with E-state index in [0.29, 0.717) is 23.7 Å². The minimum atomic E-state index is 0.418. The van der Waals surface area contributed by atoms with Crippen LogP contribution in [0.25, 0.3) is 0 Å². The van der Waals surface area contributed by atoms with Crippen molar-refractivity contribution in [2.45, 2.75) is 51.0 Å². The highest BCUT2D eigenvalue weighted by Crippen LogP contribution is 2.41. The van der Waals surface area contributed by atoms with E-state index >= 15 is 0 Å². The Balaban J connectivity index is 1.72. The van der Waals surface area contributed by atoms with Gasteiger partial charge in [-0.05, 0) is 51.6 Å². The number of hydrogen-bond acceptors (Lipinski definition) is 2. The predicted octanol–water partition coefficient (Wildman–Crippen LogP) is 2.23. The molecule has 0 amide bonds. The standard InChI is InChI=1S/C13H21NO/c15-13-10-4-6-11(13)12(7-5-10)14-8-2-1-3-9-14/h10-12H,1-9H2/t10-,11-,12-/m0/s1. The van der Waals surface area contributed by atoms with Crippen LogP contribution in [0.4, 0.5) is 0 Å². The topological polar surface area (TPSA) is 20.3 Å². The van der Waals surface area contributed by atoms with Crippen LogP contribution in [0.15, 0.2) is 0 Å². The Morgan fingerprint density at radius 1 is 0.933 bits per heavy atom. The van der Waals surface area contributed by atoms with Crippen LogP contribution in [0, 0.1) is 11.8 Å². The van der Waals surface area contributed by atoms with Crippen molar-refractivity contribution in [1.82, 2.24) is 4.90 Å². The van der Waals surface area contributed by atoms with Gasteiger partial charge >= 0.3 is 0 Å². The van der Waals surface area contributed by atoms with Crippen molar-refractivity contribution in [1.29, 1.82) is 0 Å². The lowest BCUT2D eigenvalue weighted by atomic mass is 9.82. The minimum absolute atomic E-state index is 0.418. The number of carbonyl (C=O) groups excluding carboxylic acids is 1. The molecule has 1 saturated heterocycles. The number of likely N-dealkylation sites (tertiary alicyclic amines) is 1. The molecule has 3 rings (SSSR count). The molecule has 0 unspecified atom stereocenters. The third-order valence-corrected chi connectivity index (χ3v) is 4.73. The van der Waals surface area contributed by atoms with E-state index in [2.05, 4.69) is 4.90 Å². The van der Waals surface area contributed by atoms with Gasteiger partial charge in [0, 0.05) is 17.9 Å². The number of ketones is 1. The van der Waals surface area contributed by atoms with Crippen LogP contribution in [-0.2, 0) is 4.79 Å². The van der Waals surface area contributed by atoms with E-state index in [9.17, 15) is 4.79 Å². The maximum Gasteiger partial charge on any atom is 0.140 e. The normalized spacial score (nSPS) is 42.1. The molecule has 3 aliphatic rings. The van der Waals surface area contributed by atoms with Crippen LogP contribution >= 0.6 is 0 Å². The van der Waals surface area contributed by atoms with Gasteiger partial charge in [-0.1, -0.05) is 6.42 Å². The molecule has 3 fully saturated rings. The van der Waals surface area contributed by atoms with E-state index in [1.807, 2.05) is 0 Å². The maximum atomic E-state index is 12.0. The maximum absolute atomic E-state index is 12.0. The van der Waals surface area contributed by atoms with E-state index in [0.717, 1.165) is 0 Å². The van der Waals surface area contributed by atoms with Gasteiger partial charge in [0.1, 0.15) is 5.78 Å². The first-order chi connectivity index (χ1) is 7.36. The minimum Gasteiger partial charge on any atom is -0.300 e. The number of fused-ring (bicyclic) bond motifs is 2. The van der Waals surface area contributed by atoms with Crippen LogP contribution in [0.2, 0.25) is 0 Å². The van der Waals surface area contributed by atoms with E-state index in [1.54, 1.807) is 0 Å². The summed E-state index contributed by atoms with van der Waals surface area (Å²) in [6.07, 6.45) is 8.93. The average Bonchev–Trinajstić information content (AvgIpc) is 2.54. The van der Waals surface area contributed by atoms with Gasteiger partial charge in [0.25, 0.3) is 0 Å². The van der Waals surface area contributed by atoms with E-state index in [1.165, 1.54) is 58.0 Å². The number of carbonyl (C=O) groups is 1. The van der Waals surface area contributed by atoms with Gasteiger partial charge in [-0.25, -0.2) is 0 Å². The lowest BCUT2D eigenvalue weighted by Gasteiger charge is -2.39. The largest absolute Gasteiger partial charge is 0.300 e. The zero-order valence-electron chi connectivity index (χ0n) is 9.45. The Kier molecular flexibility index (Phi) is 2.55. The fourth-order valence-electron chi connectivity index (χ4n) is 3.90. The highest BCUT2D eigenvalue weighted by atomic mass is 16.1. The van der Waals surface area contributed by atoms with Gasteiger partial charge in [-0.2, -0.15) is 0 Å². The van der Waals surface area contributed by atoms with Gasteiger partial charge < -0.3 is 0 Å². The molecule has 2 saturated carbocycles. The average molecular weight is 207 g/mol. The molecule has 2 bridgehead atoms. The molecule has 1 aliphatic heterocycles.